The van der Waals surface area contributed by atoms with Gasteiger partial charge in [-0.3, -0.25) is 4.99 Å². The van der Waals surface area contributed by atoms with Crippen LogP contribution in [0, 0.1) is 0 Å². The second kappa shape index (κ2) is 12.0. The predicted octanol–water partition coefficient (Wildman–Crippen LogP) is 3.38. The van der Waals surface area contributed by atoms with E-state index in [4.69, 9.17) is 14.2 Å². The minimum absolute atomic E-state index is 0. The maximum absolute atomic E-state index is 5.48. The van der Waals surface area contributed by atoms with E-state index in [0.717, 1.165) is 16.9 Å². The van der Waals surface area contributed by atoms with Crippen LogP contribution in [0.25, 0.3) is 5.69 Å². The third-order valence-corrected chi connectivity index (χ3v) is 4.56. The van der Waals surface area contributed by atoms with Crippen molar-refractivity contribution in [1.29, 1.82) is 0 Å². The predicted molar refractivity (Wildman–Crippen MR) is 132 cm³/mol. The molecule has 1 heterocycles. The summed E-state index contributed by atoms with van der Waals surface area (Å²) >= 11 is 0. The summed E-state index contributed by atoms with van der Waals surface area (Å²) in [4.78, 5) is 4.28. The number of aromatic nitrogens is 2. The number of rotatable bonds is 8. The monoisotopic (exact) mass is 537 g/mol. The van der Waals surface area contributed by atoms with Crippen LogP contribution in [0.4, 0.5) is 0 Å². The summed E-state index contributed by atoms with van der Waals surface area (Å²) in [5.74, 6) is 2.62. The molecule has 31 heavy (non-hydrogen) atoms. The fourth-order valence-electron chi connectivity index (χ4n) is 2.98. The quantitative estimate of drug-likeness (QED) is 0.261. The van der Waals surface area contributed by atoms with E-state index in [1.54, 1.807) is 28.4 Å². The summed E-state index contributed by atoms with van der Waals surface area (Å²) in [6.45, 7) is 1.05. The van der Waals surface area contributed by atoms with Gasteiger partial charge in [0.1, 0.15) is 5.75 Å². The zero-order chi connectivity index (χ0) is 21.3. The van der Waals surface area contributed by atoms with Gasteiger partial charge in [0, 0.05) is 31.4 Å². The van der Waals surface area contributed by atoms with Crippen LogP contribution in [0.15, 0.2) is 59.7 Å². The number of halogens is 1. The van der Waals surface area contributed by atoms with Crippen LogP contribution in [0.1, 0.15) is 11.3 Å². The van der Waals surface area contributed by atoms with Crippen molar-refractivity contribution in [2.75, 3.05) is 28.4 Å². The fourth-order valence-corrected chi connectivity index (χ4v) is 2.98. The van der Waals surface area contributed by atoms with E-state index in [9.17, 15) is 0 Å². The van der Waals surface area contributed by atoms with Crippen molar-refractivity contribution in [2.45, 2.75) is 13.1 Å². The highest BCUT2D eigenvalue weighted by atomic mass is 127. The minimum Gasteiger partial charge on any atom is -0.496 e. The maximum Gasteiger partial charge on any atom is 0.191 e. The molecule has 166 valence electrons. The van der Waals surface area contributed by atoms with Gasteiger partial charge < -0.3 is 24.8 Å². The number of hydrogen-bond acceptors (Lipinski definition) is 5. The Morgan fingerprint density at radius 3 is 2.19 bits per heavy atom. The molecule has 0 bridgehead atoms. The van der Waals surface area contributed by atoms with Gasteiger partial charge in [-0.15, -0.1) is 24.0 Å². The third kappa shape index (κ3) is 6.27. The van der Waals surface area contributed by atoms with Gasteiger partial charge in [-0.1, -0.05) is 18.2 Å². The molecule has 2 aromatic carbocycles. The second-order valence-electron chi connectivity index (χ2n) is 6.39. The Morgan fingerprint density at radius 1 is 0.903 bits per heavy atom. The molecule has 0 aliphatic carbocycles. The third-order valence-electron chi connectivity index (χ3n) is 4.56. The number of ether oxygens (including phenoxy) is 3. The molecule has 0 radical (unpaired) electrons. The van der Waals surface area contributed by atoms with Gasteiger partial charge >= 0.3 is 0 Å². The van der Waals surface area contributed by atoms with E-state index in [-0.39, 0.29) is 24.0 Å². The summed E-state index contributed by atoms with van der Waals surface area (Å²) < 4.78 is 18.0. The first kappa shape index (κ1) is 24.3. The van der Waals surface area contributed by atoms with Crippen LogP contribution in [-0.2, 0) is 13.1 Å². The molecule has 1 aromatic heterocycles. The van der Waals surface area contributed by atoms with E-state index in [2.05, 4.69) is 20.7 Å². The molecule has 0 amide bonds. The normalized spacial score (nSPS) is 10.8. The van der Waals surface area contributed by atoms with E-state index in [0.29, 0.717) is 36.3 Å². The van der Waals surface area contributed by atoms with Crippen LogP contribution in [0.2, 0.25) is 0 Å². The van der Waals surface area contributed by atoms with Gasteiger partial charge in [0.05, 0.1) is 39.3 Å². The molecule has 2 N–H and O–H groups in total. The van der Waals surface area contributed by atoms with Gasteiger partial charge in [0.2, 0.25) is 0 Å². The van der Waals surface area contributed by atoms with Crippen molar-refractivity contribution in [3.63, 3.8) is 0 Å². The second-order valence-corrected chi connectivity index (χ2v) is 6.39. The zero-order valence-electron chi connectivity index (χ0n) is 18.1. The highest BCUT2D eigenvalue weighted by Crippen LogP contribution is 2.34. The van der Waals surface area contributed by atoms with Gasteiger partial charge in [-0.25, -0.2) is 4.68 Å². The largest absolute Gasteiger partial charge is 0.496 e. The Kier molecular flexibility index (Phi) is 9.44. The van der Waals surface area contributed by atoms with E-state index in [1.165, 1.54) is 0 Å². The topological polar surface area (TPSA) is 81.9 Å². The number of nitrogens with one attached hydrogen (secondary N) is 2. The molecular weight excluding hydrogens is 509 g/mol. The number of para-hydroxylation sites is 1. The van der Waals surface area contributed by atoms with Crippen LogP contribution in [0.5, 0.6) is 17.2 Å². The molecule has 0 fully saturated rings. The highest BCUT2D eigenvalue weighted by molar-refractivity contribution is 14.0. The number of benzene rings is 2. The number of aliphatic imine (C=N–C) groups is 1. The van der Waals surface area contributed by atoms with Crippen LogP contribution in [0.3, 0.4) is 0 Å². The van der Waals surface area contributed by atoms with Gasteiger partial charge in [0.15, 0.2) is 17.5 Å². The summed E-state index contributed by atoms with van der Waals surface area (Å²) in [6.07, 6.45) is 1.94. The molecule has 3 rings (SSSR count). The zero-order valence-corrected chi connectivity index (χ0v) is 20.4. The minimum atomic E-state index is 0. The molecule has 0 aliphatic rings. The fraction of sp³-hybridized carbons (Fsp3) is 0.273. The lowest BCUT2D eigenvalue weighted by Gasteiger charge is -2.16. The van der Waals surface area contributed by atoms with Crippen LogP contribution < -0.4 is 24.8 Å². The smallest absolute Gasteiger partial charge is 0.191 e. The molecule has 3 aromatic rings. The van der Waals surface area contributed by atoms with Gasteiger partial charge in [-0.05, 0) is 24.3 Å². The first-order valence-electron chi connectivity index (χ1n) is 9.51. The number of guanidine groups is 1. The van der Waals surface area contributed by atoms with Crippen molar-refractivity contribution < 1.29 is 14.2 Å². The Balaban J connectivity index is 0.00000341. The molecule has 0 spiro atoms. The van der Waals surface area contributed by atoms with Gasteiger partial charge in [-0.2, -0.15) is 5.10 Å². The first-order valence-corrected chi connectivity index (χ1v) is 9.51. The van der Waals surface area contributed by atoms with Gasteiger partial charge in [0.25, 0.3) is 0 Å². The van der Waals surface area contributed by atoms with E-state index < -0.39 is 0 Å². The number of hydrogen-bond donors (Lipinski definition) is 2. The van der Waals surface area contributed by atoms with Crippen molar-refractivity contribution in [3.05, 3.63) is 66.0 Å². The van der Waals surface area contributed by atoms with E-state index in [1.807, 2.05) is 59.4 Å². The molecule has 0 saturated heterocycles. The lowest BCUT2D eigenvalue weighted by Crippen LogP contribution is -2.36. The van der Waals surface area contributed by atoms with Crippen molar-refractivity contribution in [2.24, 2.45) is 4.99 Å². The molecule has 8 nitrogen and oxygen atoms in total. The first-order chi connectivity index (χ1) is 14.7. The molecule has 0 saturated carbocycles. The van der Waals surface area contributed by atoms with E-state index >= 15 is 0 Å². The molecule has 0 atom stereocenters. The number of nitrogens with zero attached hydrogens (tertiary/aromatic N) is 3. The Bertz CT molecular complexity index is 992. The molecule has 9 heteroatoms. The Morgan fingerprint density at radius 2 is 1.55 bits per heavy atom. The highest BCUT2D eigenvalue weighted by Gasteiger charge is 2.12. The average Bonchev–Trinajstić information content (AvgIpc) is 3.28. The summed E-state index contributed by atoms with van der Waals surface area (Å²) in [5.41, 5.74) is 2.85. The summed E-state index contributed by atoms with van der Waals surface area (Å²) in [5, 5.41) is 11.2. The van der Waals surface area contributed by atoms with Crippen molar-refractivity contribution >= 4 is 29.9 Å². The van der Waals surface area contributed by atoms with Crippen molar-refractivity contribution in [1.82, 2.24) is 20.4 Å². The molecular formula is C22H28IN5O3. The maximum atomic E-state index is 5.48. The SMILES string of the molecule is CN=C(NCc1ccn(-c2ccccc2)n1)NCc1cc(OC)c(OC)cc1OC.I. The van der Waals surface area contributed by atoms with Crippen molar-refractivity contribution in [3.8, 4) is 22.9 Å². The molecule has 0 unspecified atom stereocenters. The Labute approximate surface area is 199 Å². The Hall–Kier alpha value is -2.95. The lowest BCUT2D eigenvalue weighted by molar-refractivity contribution is 0.347. The lowest BCUT2D eigenvalue weighted by atomic mass is 10.1. The number of methoxy groups -OCH3 is 3. The summed E-state index contributed by atoms with van der Waals surface area (Å²) in [7, 11) is 6.56. The van der Waals surface area contributed by atoms with Crippen LogP contribution >= 0.6 is 24.0 Å². The molecule has 0 aliphatic heterocycles. The average molecular weight is 537 g/mol. The van der Waals surface area contributed by atoms with Crippen LogP contribution in [-0.4, -0.2) is 44.1 Å². The standard InChI is InChI=1S/C22H27N5O3.HI/c1-23-22(24-14-16-12-20(29-3)21(30-4)13-19(16)28-2)25-15-17-10-11-27(26-17)18-8-6-5-7-9-18;/h5-13H,14-15H2,1-4H3,(H2,23,24,25);1H. The summed E-state index contributed by atoms with van der Waals surface area (Å²) in [6, 6.07) is 15.7.